The standard InChI is InChI=1S/C9H7Cl2N3.ClH/c10-5-1-2-6(7(11)3-5)8-4-9(12)14-13-8;/h1-4H,(H3,12,13,14);1H. The van der Waals surface area contributed by atoms with Gasteiger partial charge in [-0.15, -0.1) is 12.4 Å². The van der Waals surface area contributed by atoms with Gasteiger partial charge in [-0.05, 0) is 18.2 Å². The SMILES string of the molecule is Cl.Nc1cc(-c2ccc(Cl)cc2Cl)n[nH]1. The Balaban J connectivity index is 0.00000112. The third-order valence-electron chi connectivity index (χ3n) is 1.80. The normalized spacial score (nSPS) is 9.73. The van der Waals surface area contributed by atoms with Crippen molar-refractivity contribution in [3.05, 3.63) is 34.3 Å². The van der Waals surface area contributed by atoms with Gasteiger partial charge in [-0.2, -0.15) is 5.10 Å². The average molecular weight is 265 g/mol. The highest BCUT2D eigenvalue weighted by molar-refractivity contribution is 6.36. The van der Waals surface area contributed by atoms with E-state index in [0.717, 1.165) is 5.56 Å². The van der Waals surface area contributed by atoms with Crippen LogP contribution in [-0.4, -0.2) is 10.2 Å². The number of aromatic amines is 1. The van der Waals surface area contributed by atoms with Crippen LogP contribution in [0.4, 0.5) is 5.82 Å². The molecule has 80 valence electrons. The van der Waals surface area contributed by atoms with Gasteiger partial charge in [0.1, 0.15) is 5.82 Å². The van der Waals surface area contributed by atoms with Crippen LogP contribution in [0, 0.1) is 0 Å². The zero-order chi connectivity index (χ0) is 10.1. The lowest BCUT2D eigenvalue weighted by atomic mass is 10.1. The van der Waals surface area contributed by atoms with Crippen molar-refractivity contribution in [2.24, 2.45) is 0 Å². The molecule has 0 spiro atoms. The van der Waals surface area contributed by atoms with E-state index in [-0.39, 0.29) is 12.4 Å². The van der Waals surface area contributed by atoms with Gasteiger partial charge in [0.05, 0.1) is 10.7 Å². The second-order valence-electron chi connectivity index (χ2n) is 2.83. The maximum Gasteiger partial charge on any atom is 0.119 e. The van der Waals surface area contributed by atoms with Gasteiger partial charge in [0.25, 0.3) is 0 Å². The zero-order valence-corrected chi connectivity index (χ0v) is 9.83. The lowest BCUT2D eigenvalue weighted by Gasteiger charge is -1.99. The number of nitrogens with two attached hydrogens (primary N) is 1. The van der Waals surface area contributed by atoms with E-state index in [9.17, 15) is 0 Å². The maximum atomic E-state index is 5.99. The number of halogens is 3. The molecule has 3 N–H and O–H groups in total. The first-order valence-electron chi connectivity index (χ1n) is 3.93. The fourth-order valence-corrected chi connectivity index (χ4v) is 1.68. The van der Waals surface area contributed by atoms with Crippen molar-refractivity contribution < 1.29 is 0 Å². The van der Waals surface area contributed by atoms with Gasteiger partial charge in [-0.1, -0.05) is 23.2 Å². The van der Waals surface area contributed by atoms with Crippen molar-refractivity contribution in [1.29, 1.82) is 0 Å². The Morgan fingerprint density at radius 2 is 1.93 bits per heavy atom. The summed E-state index contributed by atoms with van der Waals surface area (Å²) in [6, 6.07) is 6.95. The molecule has 0 saturated carbocycles. The fourth-order valence-electron chi connectivity index (χ4n) is 1.17. The minimum Gasteiger partial charge on any atom is -0.384 e. The Bertz CT molecular complexity index is 467. The number of rotatable bonds is 1. The molecule has 6 heteroatoms. The van der Waals surface area contributed by atoms with Gasteiger partial charge in [-0.3, -0.25) is 5.10 Å². The summed E-state index contributed by atoms with van der Waals surface area (Å²) in [5.74, 6) is 0.506. The molecule has 0 aliphatic carbocycles. The highest BCUT2D eigenvalue weighted by atomic mass is 35.5. The molecule has 0 amide bonds. The van der Waals surface area contributed by atoms with E-state index >= 15 is 0 Å². The van der Waals surface area contributed by atoms with Crippen LogP contribution in [-0.2, 0) is 0 Å². The number of nitrogens with one attached hydrogen (secondary N) is 1. The molecule has 0 unspecified atom stereocenters. The topological polar surface area (TPSA) is 54.7 Å². The first-order chi connectivity index (χ1) is 6.66. The summed E-state index contributed by atoms with van der Waals surface area (Å²) >= 11 is 11.8. The van der Waals surface area contributed by atoms with Gasteiger partial charge in [0.15, 0.2) is 0 Å². The summed E-state index contributed by atoms with van der Waals surface area (Å²) in [7, 11) is 0. The van der Waals surface area contributed by atoms with Gasteiger partial charge < -0.3 is 5.73 Å². The van der Waals surface area contributed by atoms with Crippen LogP contribution < -0.4 is 5.73 Å². The Kier molecular flexibility index (Phi) is 3.85. The molecule has 0 aliphatic rings. The number of nitrogen functional groups attached to an aromatic ring is 1. The number of H-pyrrole nitrogens is 1. The highest BCUT2D eigenvalue weighted by Crippen LogP contribution is 2.29. The number of anilines is 1. The Labute approximate surface area is 103 Å². The molecule has 2 rings (SSSR count). The third kappa shape index (κ3) is 2.56. The Hall–Kier alpha value is -0.900. The lowest BCUT2D eigenvalue weighted by Crippen LogP contribution is -1.81. The van der Waals surface area contributed by atoms with Crippen molar-refractivity contribution in [1.82, 2.24) is 10.2 Å². The van der Waals surface area contributed by atoms with Crippen molar-refractivity contribution in [2.45, 2.75) is 0 Å². The molecule has 15 heavy (non-hydrogen) atoms. The molecular weight excluding hydrogens is 256 g/mol. The summed E-state index contributed by atoms with van der Waals surface area (Å²) in [5.41, 5.74) is 7.03. The predicted octanol–water partition coefficient (Wildman–Crippen LogP) is 3.39. The molecule has 0 atom stereocenters. The molecule has 0 fully saturated rings. The lowest BCUT2D eigenvalue weighted by molar-refractivity contribution is 1.10. The molecule has 1 aromatic heterocycles. The van der Waals surface area contributed by atoms with E-state index in [1.54, 1.807) is 24.3 Å². The number of aromatic nitrogens is 2. The summed E-state index contributed by atoms with van der Waals surface area (Å²) in [6.07, 6.45) is 0. The minimum atomic E-state index is 0. The van der Waals surface area contributed by atoms with Crippen LogP contribution in [0.15, 0.2) is 24.3 Å². The smallest absolute Gasteiger partial charge is 0.119 e. The van der Waals surface area contributed by atoms with Crippen LogP contribution in [0.25, 0.3) is 11.3 Å². The van der Waals surface area contributed by atoms with Crippen LogP contribution in [0.3, 0.4) is 0 Å². The number of benzene rings is 1. The second-order valence-corrected chi connectivity index (χ2v) is 3.68. The van der Waals surface area contributed by atoms with Crippen molar-refractivity contribution in [3.8, 4) is 11.3 Å². The van der Waals surface area contributed by atoms with Crippen LogP contribution in [0.5, 0.6) is 0 Å². The summed E-state index contributed by atoms with van der Waals surface area (Å²) in [6.45, 7) is 0. The van der Waals surface area contributed by atoms with E-state index in [1.165, 1.54) is 0 Å². The molecule has 0 aliphatic heterocycles. The Morgan fingerprint density at radius 1 is 1.20 bits per heavy atom. The molecule has 3 nitrogen and oxygen atoms in total. The highest BCUT2D eigenvalue weighted by Gasteiger charge is 2.06. The van der Waals surface area contributed by atoms with Crippen LogP contribution >= 0.6 is 35.6 Å². The van der Waals surface area contributed by atoms with Gasteiger partial charge >= 0.3 is 0 Å². The first kappa shape index (κ1) is 12.2. The van der Waals surface area contributed by atoms with Crippen molar-refractivity contribution >= 4 is 41.4 Å². The summed E-state index contributed by atoms with van der Waals surface area (Å²) in [5, 5.41) is 7.80. The zero-order valence-electron chi connectivity index (χ0n) is 7.50. The number of hydrogen-bond donors (Lipinski definition) is 2. The van der Waals surface area contributed by atoms with E-state index < -0.39 is 0 Å². The second kappa shape index (κ2) is 4.75. The quantitative estimate of drug-likeness (QED) is 0.829. The maximum absolute atomic E-state index is 5.99. The Morgan fingerprint density at radius 3 is 2.47 bits per heavy atom. The van der Waals surface area contributed by atoms with Crippen LogP contribution in [0.2, 0.25) is 10.0 Å². The van der Waals surface area contributed by atoms with E-state index in [1.807, 2.05) is 0 Å². The summed E-state index contributed by atoms with van der Waals surface area (Å²) < 4.78 is 0. The monoisotopic (exact) mass is 263 g/mol. The molecule has 1 heterocycles. The van der Waals surface area contributed by atoms with E-state index in [0.29, 0.717) is 21.6 Å². The molecule has 1 aromatic carbocycles. The van der Waals surface area contributed by atoms with Gasteiger partial charge in [-0.25, -0.2) is 0 Å². The molecule has 0 saturated heterocycles. The molecule has 0 bridgehead atoms. The van der Waals surface area contributed by atoms with Gasteiger partial charge in [0.2, 0.25) is 0 Å². The molecule has 0 radical (unpaired) electrons. The van der Waals surface area contributed by atoms with Crippen LogP contribution in [0.1, 0.15) is 0 Å². The van der Waals surface area contributed by atoms with E-state index in [4.69, 9.17) is 28.9 Å². The summed E-state index contributed by atoms with van der Waals surface area (Å²) in [4.78, 5) is 0. The molecule has 2 aromatic rings. The number of nitrogens with zero attached hydrogens (tertiary/aromatic N) is 1. The van der Waals surface area contributed by atoms with Crippen molar-refractivity contribution in [3.63, 3.8) is 0 Å². The molecular formula is C9H8Cl3N3. The number of hydrogen-bond acceptors (Lipinski definition) is 2. The third-order valence-corrected chi connectivity index (χ3v) is 2.35. The fraction of sp³-hybridized carbons (Fsp3) is 0. The average Bonchev–Trinajstić information content (AvgIpc) is 2.51. The largest absolute Gasteiger partial charge is 0.384 e. The minimum absolute atomic E-state index is 0. The van der Waals surface area contributed by atoms with Crippen molar-refractivity contribution in [2.75, 3.05) is 5.73 Å². The predicted molar refractivity (Wildman–Crippen MR) is 65.7 cm³/mol. The first-order valence-corrected chi connectivity index (χ1v) is 4.69. The van der Waals surface area contributed by atoms with E-state index in [2.05, 4.69) is 10.2 Å². The van der Waals surface area contributed by atoms with Gasteiger partial charge in [0, 0.05) is 16.7 Å².